The van der Waals surface area contributed by atoms with Gasteiger partial charge in [-0.2, -0.15) is 5.10 Å². The van der Waals surface area contributed by atoms with E-state index in [1.807, 2.05) is 0 Å². The zero-order valence-electron chi connectivity index (χ0n) is 16.7. The van der Waals surface area contributed by atoms with E-state index < -0.39 is 22.1 Å². The summed E-state index contributed by atoms with van der Waals surface area (Å²) in [6, 6.07) is 1.26. The maximum atomic E-state index is 14.1. The van der Waals surface area contributed by atoms with Gasteiger partial charge in [-0.25, -0.2) is 23.2 Å². The second-order valence-electron chi connectivity index (χ2n) is 8.24. The van der Waals surface area contributed by atoms with Crippen molar-refractivity contribution in [2.75, 3.05) is 11.9 Å². The monoisotopic (exact) mass is 433 g/mol. The molecule has 1 unspecified atom stereocenters. The first-order valence-corrected chi connectivity index (χ1v) is 11.8. The number of carbonyl (C=O) groups excluding carboxylic acids is 1. The van der Waals surface area contributed by atoms with Crippen molar-refractivity contribution in [1.82, 2.24) is 9.78 Å². The molecule has 3 aliphatic rings. The molecule has 2 aromatic rings. The molecule has 0 saturated heterocycles. The number of aromatic nitrogens is 2. The number of halogens is 1. The van der Waals surface area contributed by atoms with Crippen LogP contribution in [0, 0.1) is 0 Å². The average molecular weight is 434 g/mol. The lowest BCUT2D eigenvalue weighted by Gasteiger charge is -2.18. The second-order valence-corrected chi connectivity index (χ2v) is 10.00. The minimum atomic E-state index is -3.55. The van der Waals surface area contributed by atoms with Crippen molar-refractivity contribution in [2.45, 2.75) is 62.6 Å². The van der Waals surface area contributed by atoms with Crippen LogP contribution in [0.2, 0.25) is 0 Å². The van der Waals surface area contributed by atoms with Gasteiger partial charge in [-0.05, 0) is 41.0 Å². The molecular formula is C20H24FN5O3S. The summed E-state index contributed by atoms with van der Waals surface area (Å²) in [4.78, 5) is 12.9. The van der Waals surface area contributed by atoms with E-state index in [1.54, 1.807) is 4.68 Å². The number of alkyl halides is 1. The Morgan fingerprint density at radius 1 is 1.43 bits per heavy atom. The summed E-state index contributed by atoms with van der Waals surface area (Å²) in [6.45, 7) is 3.18. The number of hydrogen-bond acceptors (Lipinski definition) is 4. The van der Waals surface area contributed by atoms with Crippen LogP contribution in [0.3, 0.4) is 0 Å². The predicted octanol–water partition coefficient (Wildman–Crippen LogP) is 3.08. The van der Waals surface area contributed by atoms with Crippen LogP contribution in [-0.4, -0.2) is 32.8 Å². The maximum Gasteiger partial charge on any atom is 0.354 e. The standard InChI is InChI=1S/C20H24FN5O3S/c1-11-3-4-12-7-13-8-14(21)9-15(13)18(17(11)12)24-20(27)25-30(22,28)16-10-23-26-5-2-6-29-19(16)26/h7,10-11,14H,2-6,8-9H2,1H3,(H3,22,24,25,27,28)/t11-,14+,30?/m1/s1. The Hall–Kier alpha value is -2.46. The normalized spacial score (nSPS) is 23.7. The first-order chi connectivity index (χ1) is 14.3. The smallest absolute Gasteiger partial charge is 0.354 e. The van der Waals surface area contributed by atoms with Crippen molar-refractivity contribution in [2.24, 2.45) is 9.50 Å². The zero-order chi connectivity index (χ0) is 21.0. The van der Waals surface area contributed by atoms with Crippen LogP contribution in [0.1, 0.15) is 47.9 Å². The van der Waals surface area contributed by atoms with Crippen LogP contribution >= 0.6 is 0 Å². The molecule has 30 heavy (non-hydrogen) atoms. The highest BCUT2D eigenvalue weighted by Crippen LogP contribution is 2.44. The third kappa shape index (κ3) is 3.18. The molecule has 8 nitrogen and oxygen atoms in total. The summed E-state index contributed by atoms with van der Waals surface area (Å²) in [5.41, 5.74) is 4.52. The number of fused-ring (bicyclic) bond motifs is 3. The molecule has 1 aliphatic heterocycles. The fourth-order valence-electron chi connectivity index (χ4n) is 4.78. The van der Waals surface area contributed by atoms with E-state index >= 15 is 0 Å². The Bertz CT molecular complexity index is 1170. The highest BCUT2D eigenvalue weighted by Gasteiger charge is 2.32. The summed E-state index contributed by atoms with van der Waals surface area (Å²) in [7, 11) is -3.55. The lowest BCUT2D eigenvalue weighted by Crippen LogP contribution is -2.21. The molecule has 0 saturated carbocycles. The predicted molar refractivity (Wildman–Crippen MR) is 110 cm³/mol. The van der Waals surface area contributed by atoms with Crippen LogP contribution in [0.4, 0.5) is 14.9 Å². The molecule has 3 atom stereocenters. The lowest BCUT2D eigenvalue weighted by molar-refractivity contribution is 0.224. The van der Waals surface area contributed by atoms with Crippen LogP contribution < -0.4 is 15.2 Å². The highest BCUT2D eigenvalue weighted by atomic mass is 32.2. The molecule has 2 heterocycles. The third-order valence-corrected chi connectivity index (χ3v) is 7.49. The van der Waals surface area contributed by atoms with E-state index in [9.17, 15) is 13.4 Å². The van der Waals surface area contributed by atoms with Gasteiger partial charge in [-0.15, -0.1) is 4.36 Å². The summed E-state index contributed by atoms with van der Waals surface area (Å²) in [6.07, 6.45) is 3.65. The first-order valence-electron chi connectivity index (χ1n) is 10.2. The molecule has 5 rings (SSSR count). The molecule has 0 bridgehead atoms. The molecule has 1 aromatic carbocycles. The van der Waals surface area contributed by atoms with Gasteiger partial charge in [0.1, 0.15) is 11.1 Å². The summed E-state index contributed by atoms with van der Waals surface area (Å²) in [5.74, 6) is 0.540. The van der Waals surface area contributed by atoms with E-state index in [1.165, 1.54) is 6.20 Å². The number of ether oxygens (including phenoxy) is 1. The summed E-state index contributed by atoms with van der Waals surface area (Å²) < 4.78 is 38.1. The largest absolute Gasteiger partial charge is 0.477 e. The van der Waals surface area contributed by atoms with E-state index in [0.717, 1.165) is 41.5 Å². The molecule has 1 aromatic heterocycles. The fourth-order valence-corrected chi connectivity index (χ4v) is 5.79. The van der Waals surface area contributed by atoms with Gasteiger partial charge in [-0.1, -0.05) is 13.0 Å². The van der Waals surface area contributed by atoms with Gasteiger partial charge in [0.05, 0.1) is 12.8 Å². The lowest BCUT2D eigenvalue weighted by atomic mass is 9.95. The molecule has 2 aliphatic carbocycles. The number of aryl methyl sites for hydroxylation is 2. The number of amides is 2. The van der Waals surface area contributed by atoms with Crippen molar-refractivity contribution in [3.63, 3.8) is 0 Å². The Balaban J connectivity index is 1.51. The Morgan fingerprint density at radius 2 is 2.27 bits per heavy atom. The number of nitrogens with two attached hydrogens (primary N) is 1. The minimum Gasteiger partial charge on any atom is -0.477 e. The number of hydrogen-bond donors (Lipinski definition) is 2. The Labute approximate surface area is 174 Å². The molecular weight excluding hydrogens is 409 g/mol. The number of carbonyl (C=O) groups is 1. The molecule has 0 fully saturated rings. The van der Waals surface area contributed by atoms with Crippen LogP contribution in [-0.2, 0) is 35.7 Å². The van der Waals surface area contributed by atoms with Gasteiger partial charge in [0.25, 0.3) is 0 Å². The highest BCUT2D eigenvalue weighted by molar-refractivity contribution is 7.91. The molecule has 160 valence electrons. The zero-order valence-corrected chi connectivity index (χ0v) is 17.5. The van der Waals surface area contributed by atoms with E-state index in [2.05, 4.69) is 27.8 Å². The van der Waals surface area contributed by atoms with Gasteiger partial charge in [0.15, 0.2) is 9.92 Å². The van der Waals surface area contributed by atoms with Gasteiger partial charge in [-0.3, -0.25) is 0 Å². The Morgan fingerprint density at radius 3 is 3.10 bits per heavy atom. The topological polar surface area (TPSA) is 112 Å². The van der Waals surface area contributed by atoms with Gasteiger partial charge in [0, 0.05) is 31.5 Å². The minimum absolute atomic E-state index is 0.109. The van der Waals surface area contributed by atoms with Crippen LogP contribution in [0.25, 0.3) is 0 Å². The van der Waals surface area contributed by atoms with E-state index in [-0.39, 0.29) is 17.2 Å². The average Bonchev–Trinajstić information content (AvgIpc) is 3.37. The van der Waals surface area contributed by atoms with Crippen molar-refractivity contribution >= 4 is 21.6 Å². The number of benzene rings is 1. The fraction of sp³-hybridized carbons (Fsp3) is 0.500. The van der Waals surface area contributed by atoms with Crippen molar-refractivity contribution in [3.05, 3.63) is 34.5 Å². The van der Waals surface area contributed by atoms with Crippen molar-refractivity contribution < 1.29 is 18.1 Å². The molecule has 2 amide bonds. The number of nitrogens with zero attached hydrogens (tertiary/aromatic N) is 3. The van der Waals surface area contributed by atoms with Crippen molar-refractivity contribution in [1.29, 1.82) is 0 Å². The second kappa shape index (κ2) is 7.05. The summed E-state index contributed by atoms with van der Waals surface area (Å²) in [5, 5.41) is 12.9. The quantitative estimate of drug-likeness (QED) is 0.758. The molecule has 0 spiro atoms. The number of urea groups is 1. The van der Waals surface area contributed by atoms with Gasteiger partial charge in [0.2, 0.25) is 5.88 Å². The maximum absolute atomic E-state index is 14.1. The van der Waals surface area contributed by atoms with Crippen LogP contribution in [0.15, 0.2) is 21.5 Å². The van der Waals surface area contributed by atoms with Crippen molar-refractivity contribution in [3.8, 4) is 5.88 Å². The SMILES string of the molecule is C[C@@H]1CCc2cc3c(c(NC(=O)N=S(N)(=O)c4cnn5c4OCCC5)c21)C[C@@H](F)C3. The van der Waals surface area contributed by atoms with Gasteiger partial charge < -0.3 is 10.1 Å². The Kier molecular flexibility index (Phi) is 4.59. The van der Waals surface area contributed by atoms with E-state index in [4.69, 9.17) is 9.88 Å². The molecule has 0 radical (unpaired) electrons. The number of rotatable bonds is 2. The van der Waals surface area contributed by atoms with Gasteiger partial charge >= 0.3 is 6.03 Å². The van der Waals surface area contributed by atoms with E-state index in [0.29, 0.717) is 31.1 Å². The molecule has 10 heteroatoms. The number of anilines is 1. The van der Waals surface area contributed by atoms with Crippen LogP contribution in [0.5, 0.6) is 5.88 Å². The molecule has 3 N–H and O–H groups in total. The summed E-state index contributed by atoms with van der Waals surface area (Å²) >= 11 is 0. The first kappa shape index (κ1) is 19.5. The third-order valence-electron chi connectivity index (χ3n) is 6.14. The number of nitrogens with one attached hydrogen (secondary N) is 1.